The maximum atomic E-state index is 3.61. The van der Waals surface area contributed by atoms with Gasteiger partial charge in [-0.25, -0.2) is 0 Å². The van der Waals surface area contributed by atoms with Gasteiger partial charge in [0.15, 0.2) is 0 Å². The molecule has 1 heteroatoms. The first-order valence-corrected chi connectivity index (χ1v) is 4.12. The van der Waals surface area contributed by atoms with Crippen LogP contribution in [0, 0.1) is 5.92 Å². The van der Waals surface area contributed by atoms with Crippen molar-refractivity contribution in [3.63, 3.8) is 0 Å². The van der Waals surface area contributed by atoms with E-state index < -0.39 is 0 Å². The highest BCUT2D eigenvalue weighted by molar-refractivity contribution is 5.23. The van der Waals surface area contributed by atoms with E-state index in [1.54, 1.807) is 6.20 Å². The summed E-state index contributed by atoms with van der Waals surface area (Å²) in [6, 6.07) is 0. The van der Waals surface area contributed by atoms with Gasteiger partial charge < -0.3 is 5.32 Å². The number of nitrogens with one attached hydrogen (secondary N) is 1. The summed E-state index contributed by atoms with van der Waals surface area (Å²) in [5.74, 6) is 0.741. The van der Waals surface area contributed by atoms with Gasteiger partial charge in [0.25, 0.3) is 0 Å². The highest BCUT2D eigenvalue weighted by Crippen LogP contribution is 2.17. The van der Waals surface area contributed by atoms with E-state index in [0.717, 1.165) is 12.3 Å². The van der Waals surface area contributed by atoms with Crippen molar-refractivity contribution in [2.75, 3.05) is 0 Å². The standard InChI is InChI=1S/C10H15N/c1-3-9-5-7-10(8-6-9)11-4-2/h4-5,7-9,11H,2-3,6H2,1H3. The van der Waals surface area contributed by atoms with Crippen LogP contribution in [0.15, 0.2) is 36.7 Å². The van der Waals surface area contributed by atoms with Crippen molar-refractivity contribution in [3.8, 4) is 0 Å². The monoisotopic (exact) mass is 149 g/mol. The fourth-order valence-corrected chi connectivity index (χ4v) is 1.19. The summed E-state index contributed by atoms with van der Waals surface area (Å²) in [4.78, 5) is 0. The van der Waals surface area contributed by atoms with E-state index in [1.165, 1.54) is 12.1 Å². The third kappa shape index (κ3) is 2.26. The number of hydrogen-bond donors (Lipinski definition) is 1. The smallest absolute Gasteiger partial charge is 0.0336 e. The van der Waals surface area contributed by atoms with Crippen molar-refractivity contribution in [2.24, 2.45) is 5.92 Å². The van der Waals surface area contributed by atoms with Gasteiger partial charge in [0, 0.05) is 5.70 Å². The summed E-state index contributed by atoms with van der Waals surface area (Å²) in [7, 11) is 0. The van der Waals surface area contributed by atoms with E-state index >= 15 is 0 Å². The van der Waals surface area contributed by atoms with Crippen LogP contribution in [0.1, 0.15) is 19.8 Å². The average molecular weight is 149 g/mol. The predicted octanol–water partition coefficient (Wildman–Crippen LogP) is 2.59. The molecule has 1 aliphatic rings. The Morgan fingerprint density at radius 1 is 1.82 bits per heavy atom. The molecule has 1 unspecified atom stereocenters. The first-order valence-electron chi connectivity index (χ1n) is 4.12. The molecule has 0 saturated heterocycles. The van der Waals surface area contributed by atoms with Gasteiger partial charge in [0.1, 0.15) is 0 Å². The number of rotatable bonds is 3. The van der Waals surface area contributed by atoms with Crippen molar-refractivity contribution < 1.29 is 0 Å². The van der Waals surface area contributed by atoms with E-state index in [-0.39, 0.29) is 0 Å². The molecular formula is C10H15N. The molecule has 0 aromatic carbocycles. The molecule has 60 valence electrons. The van der Waals surface area contributed by atoms with Crippen LogP contribution in [0.2, 0.25) is 0 Å². The largest absolute Gasteiger partial charge is 0.363 e. The maximum absolute atomic E-state index is 3.61. The molecule has 1 atom stereocenters. The normalized spacial score (nSPS) is 22.6. The van der Waals surface area contributed by atoms with Crippen molar-refractivity contribution in [1.82, 2.24) is 5.32 Å². The van der Waals surface area contributed by atoms with Gasteiger partial charge in [-0.15, -0.1) is 0 Å². The lowest BCUT2D eigenvalue weighted by Crippen LogP contribution is -2.07. The molecule has 1 nitrogen and oxygen atoms in total. The van der Waals surface area contributed by atoms with E-state index in [2.05, 4.69) is 37.0 Å². The van der Waals surface area contributed by atoms with Gasteiger partial charge in [-0.2, -0.15) is 0 Å². The van der Waals surface area contributed by atoms with Crippen molar-refractivity contribution in [2.45, 2.75) is 19.8 Å². The SMILES string of the molecule is C=CNC1=CCC(CC)C=C1. The second-order valence-corrected chi connectivity index (χ2v) is 2.77. The van der Waals surface area contributed by atoms with Crippen molar-refractivity contribution in [1.29, 1.82) is 0 Å². The third-order valence-electron chi connectivity index (χ3n) is 1.98. The molecule has 11 heavy (non-hydrogen) atoms. The van der Waals surface area contributed by atoms with Crippen LogP contribution in [0.3, 0.4) is 0 Å². The fourth-order valence-electron chi connectivity index (χ4n) is 1.19. The Labute approximate surface area is 68.5 Å². The van der Waals surface area contributed by atoms with Crippen LogP contribution in [0.5, 0.6) is 0 Å². The summed E-state index contributed by atoms with van der Waals surface area (Å²) in [6.45, 7) is 5.83. The minimum absolute atomic E-state index is 0.741. The summed E-state index contributed by atoms with van der Waals surface area (Å²) in [6.07, 6.45) is 10.7. The zero-order valence-corrected chi connectivity index (χ0v) is 7.01. The zero-order valence-electron chi connectivity index (χ0n) is 7.01. The molecule has 0 aromatic heterocycles. The predicted molar refractivity (Wildman–Crippen MR) is 49.0 cm³/mol. The highest BCUT2D eigenvalue weighted by atomic mass is 14.8. The van der Waals surface area contributed by atoms with E-state index in [4.69, 9.17) is 0 Å². The van der Waals surface area contributed by atoms with Gasteiger partial charge >= 0.3 is 0 Å². The van der Waals surface area contributed by atoms with Crippen molar-refractivity contribution >= 4 is 0 Å². The van der Waals surface area contributed by atoms with Gasteiger partial charge in [-0.3, -0.25) is 0 Å². The molecule has 0 aromatic rings. The lowest BCUT2D eigenvalue weighted by molar-refractivity contribution is 0.626. The van der Waals surface area contributed by atoms with E-state index in [9.17, 15) is 0 Å². The van der Waals surface area contributed by atoms with E-state index in [1.807, 2.05) is 0 Å². The van der Waals surface area contributed by atoms with E-state index in [0.29, 0.717) is 0 Å². The summed E-state index contributed by atoms with van der Waals surface area (Å²) < 4.78 is 0. The van der Waals surface area contributed by atoms with Crippen molar-refractivity contribution in [3.05, 3.63) is 36.7 Å². The minimum Gasteiger partial charge on any atom is -0.363 e. The third-order valence-corrected chi connectivity index (χ3v) is 1.98. The molecule has 0 heterocycles. The van der Waals surface area contributed by atoms with Crippen LogP contribution in [0.25, 0.3) is 0 Å². The molecule has 1 rings (SSSR count). The molecule has 0 spiro atoms. The molecule has 0 saturated carbocycles. The molecular weight excluding hydrogens is 134 g/mol. The molecule has 1 aliphatic carbocycles. The maximum Gasteiger partial charge on any atom is 0.0336 e. The van der Waals surface area contributed by atoms with Crippen LogP contribution >= 0.6 is 0 Å². The quantitative estimate of drug-likeness (QED) is 0.650. The number of allylic oxidation sites excluding steroid dienone is 3. The van der Waals surface area contributed by atoms with Crippen LogP contribution in [-0.2, 0) is 0 Å². The molecule has 0 aliphatic heterocycles. The Morgan fingerprint density at radius 2 is 2.64 bits per heavy atom. The first kappa shape index (κ1) is 8.12. The van der Waals surface area contributed by atoms with Gasteiger partial charge in [0.2, 0.25) is 0 Å². The molecule has 0 amide bonds. The summed E-state index contributed by atoms with van der Waals surface area (Å²) in [5, 5.41) is 3.07. The second-order valence-electron chi connectivity index (χ2n) is 2.77. The zero-order chi connectivity index (χ0) is 8.10. The first-order chi connectivity index (χ1) is 5.36. The topological polar surface area (TPSA) is 12.0 Å². The Bertz CT molecular complexity index is 189. The van der Waals surface area contributed by atoms with Crippen LogP contribution in [-0.4, -0.2) is 0 Å². The summed E-state index contributed by atoms with van der Waals surface area (Å²) >= 11 is 0. The van der Waals surface area contributed by atoms with Gasteiger partial charge in [-0.1, -0.05) is 25.7 Å². The Morgan fingerprint density at radius 3 is 3.09 bits per heavy atom. The Hall–Kier alpha value is -0.980. The lowest BCUT2D eigenvalue weighted by atomic mass is 9.97. The van der Waals surface area contributed by atoms with Gasteiger partial charge in [0.05, 0.1) is 0 Å². The highest BCUT2D eigenvalue weighted by Gasteiger charge is 2.04. The number of hydrogen-bond acceptors (Lipinski definition) is 1. The Balaban J connectivity index is 2.45. The van der Waals surface area contributed by atoms with Gasteiger partial charge in [-0.05, 0) is 31.0 Å². The second kappa shape index (κ2) is 4.02. The van der Waals surface area contributed by atoms with Crippen LogP contribution in [0.4, 0.5) is 0 Å². The molecule has 0 radical (unpaired) electrons. The lowest BCUT2D eigenvalue weighted by Gasteiger charge is -2.13. The summed E-state index contributed by atoms with van der Waals surface area (Å²) in [5.41, 5.74) is 1.17. The Kier molecular flexibility index (Phi) is 2.96. The molecule has 0 bridgehead atoms. The molecule has 0 fully saturated rings. The fraction of sp³-hybridized carbons (Fsp3) is 0.400. The minimum atomic E-state index is 0.741. The molecule has 1 N–H and O–H groups in total. The average Bonchev–Trinajstić information content (AvgIpc) is 2.07. The van der Waals surface area contributed by atoms with Crippen LogP contribution < -0.4 is 5.32 Å².